The number of aliphatic hydroxyl groups is 1. The molecule has 0 unspecified atom stereocenters. The SMILES string of the molecule is C=C(Br)CNCc1cn(CCO)nn1. The summed E-state index contributed by atoms with van der Waals surface area (Å²) < 4.78 is 2.51. The highest BCUT2D eigenvalue weighted by atomic mass is 79.9. The maximum absolute atomic E-state index is 8.66. The molecule has 0 fully saturated rings. The van der Waals surface area contributed by atoms with Gasteiger partial charge < -0.3 is 10.4 Å². The first-order chi connectivity index (χ1) is 6.72. The first kappa shape index (κ1) is 11.4. The summed E-state index contributed by atoms with van der Waals surface area (Å²) in [4.78, 5) is 0. The molecule has 0 saturated carbocycles. The minimum atomic E-state index is 0.0778. The number of nitrogens with zero attached hydrogens (tertiary/aromatic N) is 3. The Hall–Kier alpha value is -0.720. The van der Waals surface area contributed by atoms with E-state index in [1.165, 1.54) is 0 Å². The molecule has 0 aliphatic heterocycles. The molecular formula is C8H13BrN4O. The van der Waals surface area contributed by atoms with E-state index in [9.17, 15) is 0 Å². The van der Waals surface area contributed by atoms with Crippen LogP contribution in [-0.4, -0.2) is 33.3 Å². The lowest BCUT2D eigenvalue weighted by molar-refractivity contribution is 0.268. The zero-order valence-corrected chi connectivity index (χ0v) is 9.37. The molecule has 0 amide bonds. The van der Waals surface area contributed by atoms with E-state index in [0.29, 0.717) is 19.6 Å². The van der Waals surface area contributed by atoms with Crippen LogP contribution in [0, 0.1) is 0 Å². The van der Waals surface area contributed by atoms with Crippen LogP contribution in [0.5, 0.6) is 0 Å². The molecule has 1 aromatic rings. The van der Waals surface area contributed by atoms with Crippen molar-refractivity contribution in [1.29, 1.82) is 0 Å². The third-order valence-electron chi connectivity index (χ3n) is 1.54. The first-order valence-corrected chi connectivity index (χ1v) is 5.05. The average Bonchev–Trinajstić information content (AvgIpc) is 2.53. The van der Waals surface area contributed by atoms with E-state index in [-0.39, 0.29) is 6.61 Å². The van der Waals surface area contributed by atoms with Gasteiger partial charge in [0.05, 0.1) is 18.8 Å². The largest absolute Gasteiger partial charge is 0.394 e. The number of hydrogen-bond donors (Lipinski definition) is 2. The fraction of sp³-hybridized carbons (Fsp3) is 0.500. The predicted molar refractivity (Wildman–Crippen MR) is 56.9 cm³/mol. The number of aliphatic hydroxyl groups excluding tert-OH is 1. The molecule has 5 nitrogen and oxygen atoms in total. The van der Waals surface area contributed by atoms with Crippen LogP contribution in [-0.2, 0) is 13.1 Å². The van der Waals surface area contributed by atoms with Gasteiger partial charge in [-0.3, -0.25) is 0 Å². The van der Waals surface area contributed by atoms with Crippen LogP contribution in [0.2, 0.25) is 0 Å². The van der Waals surface area contributed by atoms with E-state index in [4.69, 9.17) is 5.11 Å². The molecule has 0 atom stereocenters. The van der Waals surface area contributed by atoms with Crippen LogP contribution in [0.4, 0.5) is 0 Å². The number of rotatable bonds is 6. The Labute approximate surface area is 90.9 Å². The van der Waals surface area contributed by atoms with Crippen LogP contribution in [0.1, 0.15) is 5.69 Å². The lowest BCUT2D eigenvalue weighted by atomic mass is 10.4. The normalized spacial score (nSPS) is 10.4. The Morgan fingerprint density at radius 2 is 2.50 bits per heavy atom. The van der Waals surface area contributed by atoms with Gasteiger partial charge in [0, 0.05) is 23.8 Å². The van der Waals surface area contributed by atoms with Crippen molar-refractivity contribution in [2.75, 3.05) is 13.2 Å². The molecule has 0 bridgehead atoms. The molecule has 0 aliphatic rings. The second-order valence-corrected chi connectivity index (χ2v) is 3.94. The molecular weight excluding hydrogens is 248 g/mol. The summed E-state index contributed by atoms with van der Waals surface area (Å²) >= 11 is 3.25. The lowest BCUT2D eigenvalue weighted by Crippen LogP contribution is -2.14. The van der Waals surface area contributed by atoms with Crippen LogP contribution in [0.25, 0.3) is 0 Å². The highest BCUT2D eigenvalue weighted by Crippen LogP contribution is 1.98. The van der Waals surface area contributed by atoms with Gasteiger partial charge in [-0.15, -0.1) is 5.10 Å². The summed E-state index contributed by atoms with van der Waals surface area (Å²) in [6.07, 6.45) is 1.81. The van der Waals surface area contributed by atoms with Crippen molar-refractivity contribution in [2.45, 2.75) is 13.1 Å². The Kier molecular flexibility index (Phi) is 4.78. The van der Waals surface area contributed by atoms with Gasteiger partial charge in [0.2, 0.25) is 0 Å². The highest BCUT2D eigenvalue weighted by molar-refractivity contribution is 9.11. The Bertz CT molecular complexity index is 299. The quantitative estimate of drug-likeness (QED) is 0.771. The maximum Gasteiger partial charge on any atom is 0.0964 e. The van der Waals surface area contributed by atoms with Gasteiger partial charge in [-0.25, -0.2) is 4.68 Å². The van der Waals surface area contributed by atoms with E-state index in [0.717, 1.165) is 10.2 Å². The highest BCUT2D eigenvalue weighted by Gasteiger charge is 1.99. The van der Waals surface area contributed by atoms with Gasteiger partial charge in [0.25, 0.3) is 0 Å². The summed E-state index contributed by atoms with van der Waals surface area (Å²) in [6.45, 7) is 5.61. The molecule has 14 heavy (non-hydrogen) atoms. The minimum absolute atomic E-state index is 0.0778. The van der Waals surface area contributed by atoms with Crippen molar-refractivity contribution < 1.29 is 5.11 Å². The third kappa shape index (κ3) is 3.99. The molecule has 0 aromatic carbocycles. The number of halogens is 1. The second-order valence-electron chi connectivity index (χ2n) is 2.82. The van der Waals surface area contributed by atoms with Gasteiger partial charge in [-0.2, -0.15) is 0 Å². The molecule has 0 spiro atoms. The fourth-order valence-corrected chi connectivity index (χ4v) is 1.16. The van der Waals surface area contributed by atoms with Gasteiger partial charge in [0.1, 0.15) is 0 Å². The maximum atomic E-state index is 8.66. The topological polar surface area (TPSA) is 63.0 Å². The Balaban J connectivity index is 2.32. The van der Waals surface area contributed by atoms with Crippen molar-refractivity contribution in [1.82, 2.24) is 20.3 Å². The van der Waals surface area contributed by atoms with Gasteiger partial charge in [-0.05, 0) is 0 Å². The van der Waals surface area contributed by atoms with E-state index in [1.54, 1.807) is 10.9 Å². The molecule has 6 heteroatoms. The molecule has 2 N–H and O–H groups in total. The molecule has 1 rings (SSSR count). The van der Waals surface area contributed by atoms with E-state index in [1.807, 2.05) is 0 Å². The van der Waals surface area contributed by atoms with Crippen LogP contribution < -0.4 is 5.32 Å². The minimum Gasteiger partial charge on any atom is -0.394 e. The van der Waals surface area contributed by atoms with Gasteiger partial charge >= 0.3 is 0 Å². The molecule has 0 radical (unpaired) electrons. The molecule has 1 heterocycles. The molecule has 78 valence electrons. The van der Waals surface area contributed by atoms with Crippen molar-refractivity contribution in [3.8, 4) is 0 Å². The van der Waals surface area contributed by atoms with E-state index < -0.39 is 0 Å². The third-order valence-corrected chi connectivity index (χ3v) is 1.82. The summed E-state index contributed by atoms with van der Waals surface area (Å²) in [5.41, 5.74) is 0.854. The monoisotopic (exact) mass is 260 g/mol. The van der Waals surface area contributed by atoms with Crippen LogP contribution >= 0.6 is 15.9 Å². The van der Waals surface area contributed by atoms with Gasteiger partial charge in [-0.1, -0.05) is 27.7 Å². The average molecular weight is 261 g/mol. The molecule has 0 aliphatic carbocycles. The fourth-order valence-electron chi connectivity index (χ4n) is 0.957. The molecule has 0 saturated heterocycles. The summed E-state index contributed by atoms with van der Waals surface area (Å²) in [5, 5.41) is 19.5. The Morgan fingerprint density at radius 1 is 1.71 bits per heavy atom. The number of nitrogens with one attached hydrogen (secondary N) is 1. The second kappa shape index (κ2) is 5.90. The predicted octanol–water partition coefficient (Wildman–Crippen LogP) is 0.269. The summed E-state index contributed by atoms with van der Waals surface area (Å²) in [6, 6.07) is 0. The summed E-state index contributed by atoms with van der Waals surface area (Å²) in [7, 11) is 0. The van der Waals surface area contributed by atoms with Crippen molar-refractivity contribution in [3.05, 3.63) is 23.0 Å². The number of aromatic nitrogens is 3. The van der Waals surface area contributed by atoms with Crippen LogP contribution in [0.15, 0.2) is 17.3 Å². The Morgan fingerprint density at radius 3 is 3.14 bits per heavy atom. The van der Waals surface area contributed by atoms with Crippen molar-refractivity contribution in [3.63, 3.8) is 0 Å². The summed E-state index contributed by atoms with van der Waals surface area (Å²) in [5.74, 6) is 0. The zero-order valence-electron chi connectivity index (χ0n) is 7.78. The molecule has 1 aromatic heterocycles. The smallest absolute Gasteiger partial charge is 0.0964 e. The zero-order chi connectivity index (χ0) is 10.4. The van der Waals surface area contributed by atoms with E-state index in [2.05, 4.69) is 38.1 Å². The lowest BCUT2D eigenvalue weighted by Gasteiger charge is -1.98. The first-order valence-electron chi connectivity index (χ1n) is 4.26. The van der Waals surface area contributed by atoms with E-state index >= 15 is 0 Å². The standard InChI is InChI=1S/C8H13BrN4O/c1-7(9)4-10-5-8-6-13(2-3-14)12-11-8/h6,10,14H,1-5H2. The van der Waals surface area contributed by atoms with Crippen molar-refractivity contribution >= 4 is 15.9 Å². The van der Waals surface area contributed by atoms with Gasteiger partial charge in [0.15, 0.2) is 0 Å². The van der Waals surface area contributed by atoms with Crippen molar-refractivity contribution in [2.24, 2.45) is 0 Å². The van der Waals surface area contributed by atoms with Crippen LogP contribution in [0.3, 0.4) is 0 Å². The number of hydrogen-bond acceptors (Lipinski definition) is 4.